The van der Waals surface area contributed by atoms with E-state index in [4.69, 9.17) is 5.73 Å². The Bertz CT molecular complexity index is 1590. The van der Waals surface area contributed by atoms with Crippen molar-refractivity contribution in [2.24, 2.45) is 5.73 Å². The number of piperidine rings is 3. The number of nitro groups is 1. The van der Waals surface area contributed by atoms with Gasteiger partial charge in [0, 0.05) is 54.0 Å². The third kappa shape index (κ3) is 5.04. The van der Waals surface area contributed by atoms with Gasteiger partial charge in [-0.05, 0) is 47.5 Å². The van der Waals surface area contributed by atoms with Crippen LogP contribution in [0.5, 0.6) is 0 Å². The van der Waals surface area contributed by atoms with Crippen LogP contribution >= 0.6 is 11.8 Å². The van der Waals surface area contributed by atoms with Crippen molar-refractivity contribution in [1.82, 2.24) is 30.1 Å². The van der Waals surface area contributed by atoms with Gasteiger partial charge in [0.25, 0.3) is 5.69 Å². The maximum absolute atomic E-state index is 15.3. The van der Waals surface area contributed by atoms with Gasteiger partial charge < -0.3 is 10.6 Å². The van der Waals surface area contributed by atoms with Crippen LogP contribution < -0.4 is 5.73 Å². The first-order valence-corrected chi connectivity index (χ1v) is 13.1. The summed E-state index contributed by atoms with van der Waals surface area (Å²) in [5, 5.41) is 23.4. The van der Waals surface area contributed by atoms with E-state index in [-0.39, 0.29) is 22.3 Å². The average molecular weight is 639 g/mol. The molecule has 3 aliphatic heterocycles. The predicted molar refractivity (Wildman–Crippen MR) is 130 cm³/mol. The first kappa shape index (κ1) is 30.5. The van der Waals surface area contributed by atoms with Crippen molar-refractivity contribution >= 4 is 23.4 Å². The molecular formula is C23H18F8N8O3S. The van der Waals surface area contributed by atoms with Crippen molar-refractivity contribution in [3.05, 3.63) is 51.5 Å². The van der Waals surface area contributed by atoms with Gasteiger partial charge in [0.05, 0.1) is 16.0 Å². The van der Waals surface area contributed by atoms with E-state index < -0.39 is 68.3 Å². The number of fused-ring (bicyclic) bond motifs is 3. The van der Waals surface area contributed by atoms with E-state index in [2.05, 4.69) is 25.4 Å². The molecule has 230 valence electrons. The zero-order valence-electron chi connectivity index (χ0n) is 21.4. The van der Waals surface area contributed by atoms with Crippen molar-refractivity contribution in [1.29, 1.82) is 0 Å². The topological polar surface area (TPSA) is 146 Å². The van der Waals surface area contributed by atoms with E-state index >= 15 is 4.39 Å². The van der Waals surface area contributed by atoms with Crippen molar-refractivity contribution < 1.29 is 44.8 Å². The SMILES string of the molecule is NC(=O)c1cc([N+](=O)[O-])cc(-c2ncc(C(F)(F)C(F)(F)C(F)(F)F)cc2F)c1Sc1nnnn1C12CCN(CC1)CC2. The number of tetrazole rings is 1. The number of nitrogens with zero attached hydrogens (tertiary/aromatic N) is 7. The van der Waals surface area contributed by atoms with Crippen LogP contribution in [0, 0.1) is 15.9 Å². The van der Waals surface area contributed by atoms with Gasteiger partial charge in [0.2, 0.25) is 11.1 Å². The predicted octanol–water partition coefficient (Wildman–Crippen LogP) is 4.52. The molecule has 3 aromatic rings. The Hall–Kier alpha value is -3.94. The molecule has 0 atom stereocenters. The molecule has 0 spiro atoms. The molecule has 6 rings (SSSR count). The Balaban J connectivity index is 1.65. The van der Waals surface area contributed by atoms with Gasteiger partial charge in [0.1, 0.15) is 11.5 Å². The van der Waals surface area contributed by atoms with E-state index in [0.717, 1.165) is 25.7 Å². The van der Waals surface area contributed by atoms with Gasteiger partial charge >= 0.3 is 18.0 Å². The minimum absolute atomic E-state index is 0.0568. The fourth-order valence-electron chi connectivity index (χ4n) is 5.11. The van der Waals surface area contributed by atoms with E-state index in [1.165, 1.54) is 4.68 Å². The van der Waals surface area contributed by atoms with E-state index in [1.807, 2.05) is 0 Å². The fourth-order valence-corrected chi connectivity index (χ4v) is 6.22. The molecule has 20 heteroatoms. The fraction of sp³-hybridized carbons (Fsp3) is 0.435. The number of primary amides is 1. The van der Waals surface area contributed by atoms with Gasteiger partial charge in [-0.25, -0.2) is 9.07 Å². The first-order chi connectivity index (χ1) is 20.0. The lowest BCUT2D eigenvalue weighted by Crippen LogP contribution is -2.54. The highest BCUT2D eigenvalue weighted by molar-refractivity contribution is 7.99. The van der Waals surface area contributed by atoms with Gasteiger partial charge in [0.15, 0.2) is 0 Å². The van der Waals surface area contributed by atoms with Crippen LogP contribution in [0.4, 0.5) is 40.8 Å². The largest absolute Gasteiger partial charge is 0.460 e. The third-order valence-electron chi connectivity index (χ3n) is 7.52. The van der Waals surface area contributed by atoms with E-state index in [1.54, 1.807) is 0 Å². The monoisotopic (exact) mass is 638 g/mol. The first-order valence-electron chi connectivity index (χ1n) is 12.3. The summed E-state index contributed by atoms with van der Waals surface area (Å²) in [4.78, 5) is 28.3. The number of non-ortho nitro benzene ring substituents is 1. The Morgan fingerprint density at radius 3 is 2.21 bits per heavy atom. The van der Waals surface area contributed by atoms with Crippen LogP contribution in [0.3, 0.4) is 0 Å². The maximum atomic E-state index is 15.3. The minimum atomic E-state index is -6.69. The number of carbonyl (C=O) groups excluding carboxylic acids is 1. The smallest absolute Gasteiger partial charge is 0.366 e. The molecule has 0 saturated carbocycles. The highest BCUT2D eigenvalue weighted by Gasteiger charge is 2.73. The maximum Gasteiger partial charge on any atom is 0.460 e. The second-order valence-corrected chi connectivity index (χ2v) is 11.0. The van der Waals surface area contributed by atoms with Crippen LogP contribution in [0.2, 0.25) is 0 Å². The van der Waals surface area contributed by atoms with Crippen LogP contribution in [0.25, 0.3) is 11.3 Å². The van der Waals surface area contributed by atoms with Crippen molar-refractivity contribution in [3.8, 4) is 11.3 Å². The zero-order valence-corrected chi connectivity index (χ0v) is 22.2. The molecule has 5 heterocycles. The zero-order chi connectivity index (χ0) is 31.5. The molecule has 3 saturated heterocycles. The molecule has 2 aromatic heterocycles. The summed E-state index contributed by atoms with van der Waals surface area (Å²) in [6.45, 7) is 2.25. The summed E-state index contributed by atoms with van der Waals surface area (Å²) in [6.07, 6.45) is -4.82. The van der Waals surface area contributed by atoms with Crippen molar-refractivity contribution in [2.75, 3.05) is 19.6 Å². The number of amides is 1. The van der Waals surface area contributed by atoms with Crippen LogP contribution in [0.15, 0.2) is 34.4 Å². The van der Waals surface area contributed by atoms with Crippen LogP contribution in [0.1, 0.15) is 35.2 Å². The molecule has 3 fully saturated rings. The van der Waals surface area contributed by atoms with Crippen LogP contribution in [-0.4, -0.2) is 72.7 Å². The Labute approximate surface area is 239 Å². The normalized spacial score (nSPS) is 20.8. The number of nitro benzene ring substituents is 1. The number of alkyl halides is 7. The molecule has 0 unspecified atom stereocenters. The second kappa shape index (κ2) is 10.4. The molecule has 0 radical (unpaired) electrons. The number of nitrogens with two attached hydrogens (primary N) is 1. The number of hydrogen-bond donors (Lipinski definition) is 1. The van der Waals surface area contributed by atoms with Gasteiger partial charge in [-0.1, -0.05) is 0 Å². The number of hydrogen-bond acceptors (Lipinski definition) is 9. The number of rotatable bonds is 8. The average Bonchev–Trinajstić information content (AvgIpc) is 3.42. The molecular weight excluding hydrogens is 620 g/mol. The Morgan fingerprint density at radius 1 is 1.05 bits per heavy atom. The third-order valence-corrected chi connectivity index (χ3v) is 8.60. The number of benzene rings is 1. The van der Waals surface area contributed by atoms with Crippen LogP contribution in [-0.2, 0) is 11.5 Å². The molecule has 1 amide bonds. The van der Waals surface area contributed by atoms with Crippen molar-refractivity contribution in [2.45, 2.75) is 52.9 Å². The molecule has 43 heavy (non-hydrogen) atoms. The summed E-state index contributed by atoms with van der Waals surface area (Å²) >= 11 is 0.635. The lowest BCUT2D eigenvalue weighted by atomic mass is 9.80. The number of carbonyl (C=O) groups is 1. The minimum Gasteiger partial charge on any atom is -0.366 e. The Kier molecular flexibility index (Phi) is 7.35. The lowest BCUT2D eigenvalue weighted by molar-refractivity contribution is -0.384. The molecule has 11 nitrogen and oxygen atoms in total. The summed E-state index contributed by atoms with van der Waals surface area (Å²) in [7, 11) is 0. The van der Waals surface area contributed by atoms with Crippen molar-refractivity contribution in [3.63, 3.8) is 0 Å². The quantitative estimate of drug-likeness (QED) is 0.214. The summed E-state index contributed by atoms with van der Waals surface area (Å²) in [5.41, 5.74) is -0.0803. The Morgan fingerprint density at radius 2 is 1.67 bits per heavy atom. The molecule has 3 aliphatic rings. The van der Waals surface area contributed by atoms with Gasteiger partial charge in [-0.3, -0.25) is 19.9 Å². The highest BCUT2D eigenvalue weighted by Crippen LogP contribution is 2.52. The number of aromatic nitrogens is 5. The van der Waals surface area contributed by atoms with E-state index in [9.17, 15) is 45.6 Å². The number of pyridine rings is 1. The van der Waals surface area contributed by atoms with Gasteiger partial charge in [-0.2, -0.15) is 30.7 Å². The molecule has 2 N–H and O–H groups in total. The second-order valence-electron chi connectivity index (χ2n) is 9.98. The molecule has 1 aromatic carbocycles. The summed E-state index contributed by atoms with van der Waals surface area (Å²) < 4.78 is 111. The summed E-state index contributed by atoms with van der Waals surface area (Å²) in [6, 6.07) is 1.19. The standard InChI is InChI=1S/C23H18F8N8O3S/c24-15-7-11(21(25,26)22(27,28)23(29,30)31)10-33-16(15)13-8-12(39(41)42)9-14(18(32)40)17(13)43-19-34-35-36-38(19)20-1-4-37(5-2-20)6-3-20/h7-10H,1-6H2,(H2,32,40). The molecule has 2 bridgehead atoms. The van der Waals surface area contributed by atoms with Gasteiger partial charge in [-0.15, -0.1) is 5.10 Å². The highest BCUT2D eigenvalue weighted by atomic mass is 32.2. The number of halogens is 8. The molecule has 0 aliphatic carbocycles. The lowest BCUT2D eigenvalue weighted by Gasteiger charge is -2.48. The summed E-state index contributed by atoms with van der Waals surface area (Å²) in [5.74, 6) is -15.6. The van der Waals surface area contributed by atoms with E-state index in [0.29, 0.717) is 37.1 Å².